The van der Waals surface area contributed by atoms with Crippen molar-refractivity contribution >= 4 is 0 Å². The smallest absolute Gasteiger partial charge is 0.123 e. The average molecular weight is 253 g/mol. The largest absolute Gasteiger partial charge is 0.492 e. The molecule has 0 aliphatic carbocycles. The molecule has 18 heavy (non-hydrogen) atoms. The molecule has 1 fully saturated rings. The fraction of sp³-hybridized carbons (Fsp3) is 0.571. The Morgan fingerprint density at radius 3 is 3.11 bits per heavy atom. The summed E-state index contributed by atoms with van der Waals surface area (Å²) in [7, 11) is 0. The molecule has 1 saturated heterocycles. The first-order valence-electron chi connectivity index (χ1n) is 6.43. The zero-order valence-corrected chi connectivity index (χ0v) is 10.7. The summed E-state index contributed by atoms with van der Waals surface area (Å²) >= 11 is 0. The fourth-order valence-electron chi connectivity index (χ4n) is 2.06. The maximum atomic E-state index is 12.9. The lowest BCUT2D eigenvalue weighted by molar-refractivity contribution is 0.185. The number of nitrogens with one attached hydrogen (secondary N) is 1. The van der Waals surface area contributed by atoms with Crippen molar-refractivity contribution in [1.29, 1.82) is 0 Å². The highest BCUT2D eigenvalue weighted by atomic mass is 19.1. The Bertz CT molecular complexity index is 378. The van der Waals surface area contributed by atoms with Crippen LogP contribution in [-0.4, -0.2) is 32.9 Å². The summed E-state index contributed by atoms with van der Waals surface area (Å²) in [5, 5.41) is 3.35. The highest BCUT2D eigenvalue weighted by Crippen LogP contribution is 2.18. The predicted octanol–water partition coefficient (Wildman–Crippen LogP) is 2.14. The summed E-state index contributed by atoms with van der Waals surface area (Å²) in [6.45, 7) is 5.98. The van der Waals surface area contributed by atoms with Crippen LogP contribution in [0.5, 0.6) is 5.75 Å². The van der Waals surface area contributed by atoms with Gasteiger partial charge in [-0.2, -0.15) is 0 Å². The van der Waals surface area contributed by atoms with Gasteiger partial charge >= 0.3 is 0 Å². The lowest BCUT2D eigenvalue weighted by atomic mass is 10.1. The third-order valence-electron chi connectivity index (χ3n) is 3.13. The second kappa shape index (κ2) is 6.71. The van der Waals surface area contributed by atoms with Gasteiger partial charge in [0, 0.05) is 19.7 Å². The van der Waals surface area contributed by atoms with E-state index in [9.17, 15) is 4.39 Å². The van der Waals surface area contributed by atoms with E-state index in [-0.39, 0.29) is 5.82 Å². The van der Waals surface area contributed by atoms with E-state index < -0.39 is 0 Å². The number of hydrogen-bond acceptors (Lipinski definition) is 3. The summed E-state index contributed by atoms with van der Waals surface area (Å²) < 4.78 is 23.8. The minimum Gasteiger partial charge on any atom is -0.492 e. The van der Waals surface area contributed by atoms with Gasteiger partial charge in [-0.25, -0.2) is 4.39 Å². The molecule has 0 aromatic heterocycles. The summed E-state index contributed by atoms with van der Waals surface area (Å²) in [5.41, 5.74) is 0.833. The van der Waals surface area contributed by atoms with Gasteiger partial charge in [-0.1, -0.05) is 0 Å². The fourth-order valence-corrected chi connectivity index (χ4v) is 2.06. The van der Waals surface area contributed by atoms with Crippen molar-refractivity contribution < 1.29 is 13.9 Å². The molecule has 1 aliphatic rings. The Labute approximate surface area is 107 Å². The van der Waals surface area contributed by atoms with Gasteiger partial charge in [-0.05, 0) is 43.0 Å². The highest BCUT2D eigenvalue weighted by molar-refractivity contribution is 5.32. The van der Waals surface area contributed by atoms with E-state index in [0.29, 0.717) is 12.5 Å². The molecular formula is C14H20FNO2. The molecule has 0 saturated carbocycles. The molecule has 1 aromatic carbocycles. The normalized spacial score (nSPS) is 19.1. The van der Waals surface area contributed by atoms with Crippen molar-refractivity contribution in [3.05, 3.63) is 29.6 Å². The summed E-state index contributed by atoms with van der Waals surface area (Å²) in [5.74, 6) is 1.17. The standard InChI is InChI=1S/C14H20FNO2/c1-11-8-13(15)2-3-14(11)18-7-5-16-9-12-4-6-17-10-12/h2-3,8,12,16H,4-7,9-10H2,1H3. The van der Waals surface area contributed by atoms with Crippen LogP contribution >= 0.6 is 0 Å². The lowest BCUT2D eigenvalue weighted by Crippen LogP contribution is -2.27. The molecule has 0 amide bonds. The number of hydrogen-bond donors (Lipinski definition) is 1. The first-order chi connectivity index (χ1) is 8.75. The molecule has 1 N–H and O–H groups in total. The van der Waals surface area contributed by atoms with Crippen molar-refractivity contribution in [2.24, 2.45) is 5.92 Å². The molecule has 0 spiro atoms. The summed E-state index contributed by atoms with van der Waals surface area (Å²) in [6.07, 6.45) is 1.14. The van der Waals surface area contributed by atoms with Crippen LogP contribution in [0.2, 0.25) is 0 Å². The molecule has 2 rings (SSSR count). The van der Waals surface area contributed by atoms with Gasteiger partial charge in [0.05, 0.1) is 6.61 Å². The van der Waals surface area contributed by atoms with Crippen molar-refractivity contribution in [3.63, 3.8) is 0 Å². The zero-order chi connectivity index (χ0) is 12.8. The van der Waals surface area contributed by atoms with Crippen LogP contribution in [0.3, 0.4) is 0 Å². The van der Waals surface area contributed by atoms with Gasteiger partial charge in [-0.3, -0.25) is 0 Å². The number of aryl methyl sites for hydroxylation is 1. The van der Waals surface area contributed by atoms with Crippen molar-refractivity contribution in [2.45, 2.75) is 13.3 Å². The molecule has 3 nitrogen and oxygen atoms in total. The summed E-state index contributed by atoms with van der Waals surface area (Å²) in [4.78, 5) is 0. The maximum Gasteiger partial charge on any atom is 0.123 e. The molecule has 100 valence electrons. The number of benzene rings is 1. The van der Waals surface area contributed by atoms with Gasteiger partial charge in [-0.15, -0.1) is 0 Å². The van der Waals surface area contributed by atoms with Gasteiger partial charge in [0.25, 0.3) is 0 Å². The monoisotopic (exact) mass is 253 g/mol. The van der Waals surface area contributed by atoms with Gasteiger partial charge in [0.2, 0.25) is 0 Å². The zero-order valence-electron chi connectivity index (χ0n) is 10.7. The topological polar surface area (TPSA) is 30.5 Å². The van der Waals surface area contributed by atoms with Crippen LogP contribution < -0.4 is 10.1 Å². The second-order valence-electron chi connectivity index (χ2n) is 4.69. The van der Waals surface area contributed by atoms with E-state index in [4.69, 9.17) is 9.47 Å². The van der Waals surface area contributed by atoms with Crippen LogP contribution in [-0.2, 0) is 4.74 Å². The van der Waals surface area contributed by atoms with Crippen LogP contribution in [0.4, 0.5) is 4.39 Å². The number of ether oxygens (including phenoxy) is 2. The number of rotatable bonds is 6. The minimum atomic E-state index is -0.223. The van der Waals surface area contributed by atoms with Gasteiger partial charge in [0.15, 0.2) is 0 Å². The molecule has 1 unspecified atom stereocenters. The summed E-state index contributed by atoms with van der Waals surface area (Å²) in [6, 6.07) is 4.58. The van der Waals surface area contributed by atoms with Gasteiger partial charge in [0.1, 0.15) is 18.2 Å². The van der Waals surface area contributed by atoms with Gasteiger partial charge < -0.3 is 14.8 Å². The third-order valence-corrected chi connectivity index (χ3v) is 3.13. The van der Waals surface area contributed by atoms with Crippen molar-refractivity contribution in [2.75, 3.05) is 32.9 Å². The third kappa shape index (κ3) is 3.96. The first kappa shape index (κ1) is 13.3. The van der Waals surface area contributed by atoms with E-state index >= 15 is 0 Å². The van der Waals surface area contributed by atoms with Crippen molar-refractivity contribution in [1.82, 2.24) is 5.32 Å². The molecule has 1 heterocycles. The molecule has 1 aliphatic heterocycles. The molecule has 0 bridgehead atoms. The molecule has 4 heteroatoms. The molecule has 1 atom stereocenters. The average Bonchev–Trinajstić information content (AvgIpc) is 2.84. The number of halogens is 1. The molecule has 0 radical (unpaired) electrons. The van der Waals surface area contributed by atoms with Crippen LogP contribution in [0.1, 0.15) is 12.0 Å². The predicted molar refractivity (Wildman–Crippen MR) is 68.4 cm³/mol. The Kier molecular flexibility index (Phi) is 4.96. The first-order valence-corrected chi connectivity index (χ1v) is 6.43. The van der Waals surface area contributed by atoms with Crippen LogP contribution in [0.25, 0.3) is 0 Å². The lowest BCUT2D eigenvalue weighted by Gasteiger charge is -2.11. The molecule has 1 aromatic rings. The van der Waals surface area contributed by atoms with Crippen LogP contribution in [0.15, 0.2) is 18.2 Å². The van der Waals surface area contributed by atoms with E-state index in [0.717, 1.165) is 44.0 Å². The van der Waals surface area contributed by atoms with E-state index in [1.165, 1.54) is 12.1 Å². The highest BCUT2D eigenvalue weighted by Gasteiger charge is 2.14. The SMILES string of the molecule is Cc1cc(F)ccc1OCCNCC1CCOC1. The Morgan fingerprint density at radius 1 is 1.50 bits per heavy atom. The van der Waals surface area contributed by atoms with Crippen LogP contribution in [0, 0.1) is 18.7 Å². The second-order valence-corrected chi connectivity index (χ2v) is 4.69. The quantitative estimate of drug-likeness (QED) is 0.788. The Morgan fingerprint density at radius 2 is 2.39 bits per heavy atom. The Hall–Kier alpha value is -1.13. The van der Waals surface area contributed by atoms with E-state index in [1.807, 2.05) is 6.92 Å². The Balaban J connectivity index is 1.62. The van der Waals surface area contributed by atoms with E-state index in [2.05, 4.69) is 5.32 Å². The van der Waals surface area contributed by atoms with Crippen molar-refractivity contribution in [3.8, 4) is 5.75 Å². The molecular weight excluding hydrogens is 233 g/mol. The maximum absolute atomic E-state index is 12.9. The van der Waals surface area contributed by atoms with E-state index in [1.54, 1.807) is 6.07 Å². The minimum absolute atomic E-state index is 0.223.